The van der Waals surface area contributed by atoms with Crippen LogP contribution in [0.3, 0.4) is 0 Å². The molecule has 8 nitrogen and oxygen atoms in total. The number of rotatable bonds is 7. The van der Waals surface area contributed by atoms with Crippen LogP contribution < -0.4 is 10.6 Å². The van der Waals surface area contributed by atoms with Gasteiger partial charge >= 0.3 is 0 Å². The van der Waals surface area contributed by atoms with Crippen LogP contribution in [-0.4, -0.2) is 58.1 Å². The molecule has 4 N–H and O–H groups in total. The lowest BCUT2D eigenvalue weighted by Crippen LogP contribution is -2.53. The van der Waals surface area contributed by atoms with E-state index in [0.717, 1.165) is 0 Å². The molecular weight excluding hydrogens is 278 g/mol. The van der Waals surface area contributed by atoms with E-state index >= 15 is 0 Å². The van der Waals surface area contributed by atoms with Crippen molar-refractivity contribution in [2.75, 3.05) is 13.2 Å². The highest BCUT2D eigenvalue weighted by Gasteiger charge is 2.24. The lowest BCUT2D eigenvalue weighted by Gasteiger charge is -2.19. The summed E-state index contributed by atoms with van der Waals surface area (Å²) < 4.78 is 0. The van der Waals surface area contributed by atoms with Crippen LogP contribution in [0.1, 0.15) is 17.3 Å². The first-order valence-electron chi connectivity index (χ1n) is 6.23. The number of aromatic nitrogens is 1. The maximum absolute atomic E-state index is 11.9. The van der Waals surface area contributed by atoms with Gasteiger partial charge < -0.3 is 20.8 Å². The molecule has 1 heterocycles. The zero-order valence-corrected chi connectivity index (χ0v) is 11.4. The second-order valence-corrected chi connectivity index (χ2v) is 4.30. The van der Waals surface area contributed by atoms with Crippen LogP contribution in [0.5, 0.6) is 0 Å². The van der Waals surface area contributed by atoms with Crippen molar-refractivity contribution < 1.29 is 24.6 Å². The molecule has 0 radical (unpaired) electrons. The Bertz CT molecular complexity index is 506. The van der Waals surface area contributed by atoms with E-state index in [0.29, 0.717) is 0 Å². The SMILES string of the molecule is CC(=O)[C@H](CO)NC(=O)C(CO)NC(=O)c1ccncc1. The first kappa shape index (κ1) is 16.7. The van der Waals surface area contributed by atoms with Crippen LogP contribution >= 0.6 is 0 Å². The van der Waals surface area contributed by atoms with E-state index in [-0.39, 0.29) is 5.56 Å². The number of nitrogens with zero attached hydrogens (tertiary/aromatic N) is 1. The fourth-order valence-electron chi connectivity index (χ4n) is 1.49. The van der Waals surface area contributed by atoms with E-state index in [4.69, 9.17) is 5.11 Å². The first-order chi connectivity index (χ1) is 9.99. The topological polar surface area (TPSA) is 129 Å². The van der Waals surface area contributed by atoms with Crippen LogP contribution in [0.25, 0.3) is 0 Å². The van der Waals surface area contributed by atoms with Crippen LogP contribution in [0, 0.1) is 0 Å². The molecule has 0 spiro atoms. The standard InChI is InChI=1S/C13H17N3O5/c1-8(19)10(6-17)15-13(21)11(7-18)16-12(20)9-2-4-14-5-3-9/h2-5,10-11,17-18H,6-7H2,1H3,(H,15,21)(H,16,20)/t10-,11?/m0/s1. The number of ketones is 1. The van der Waals surface area contributed by atoms with Crippen LogP contribution in [-0.2, 0) is 9.59 Å². The van der Waals surface area contributed by atoms with Gasteiger partial charge in [0, 0.05) is 18.0 Å². The molecule has 0 saturated heterocycles. The smallest absolute Gasteiger partial charge is 0.252 e. The summed E-state index contributed by atoms with van der Waals surface area (Å²) in [6.45, 7) is 0.0148. The Morgan fingerprint density at radius 1 is 1.10 bits per heavy atom. The van der Waals surface area contributed by atoms with E-state index in [2.05, 4.69) is 15.6 Å². The van der Waals surface area contributed by atoms with E-state index in [1.807, 2.05) is 0 Å². The molecule has 0 aliphatic heterocycles. The molecule has 0 bridgehead atoms. The second-order valence-electron chi connectivity index (χ2n) is 4.30. The summed E-state index contributed by atoms with van der Waals surface area (Å²) in [6, 6.07) is 0.616. The minimum atomic E-state index is -1.22. The molecule has 0 aromatic carbocycles. The van der Waals surface area contributed by atoms with Gasteiger partial charge in [0.15, 0.2) is 5.78 Å². The Balaban J connectivity index is 2.68. The van der Waals surface area contributed by atoms with Crippen molar-refractivity contribution in [3.63, 3.8) is 0 Å². The van der Waals surface area contributed by atoms with Gasteiger partial charge in [0.25, 0.3) is 5.91 Å². The predicted octanol–water partition coefficient (Wildman–Crippen LogP) is -1.76. The van der Waals surface area contributed by atoms with Crippen molar-refractivity contribution in [1.82, 2.24) is 15.6 Å². The summed E-state index contributed by atoms with van der Waals surface area (Å²) in [5.74, 6) is -1.74. The largest absolute Gasteiger partial charge is 0.394 e. The summed E-state index contributed by atoms with van der Waals surface area (Å²) in [7, 11) is 0. The molecule has 8 heteroatoms. The molecule has 114 valence electrons. The summed E-state index contributed by atoms with van der Waals surface area (Å²) >= 11 is 0. The van der Waals surface area contributed by atoms with Gasteiger partial charge in [0.05, 0.1) is 13.2 Å². The Morgan fingerprint density at radius 3 is 2.14 bits per heavy atom. The second kappa shape index (κ2) is 8.08. The highest BCUT2D eigenvalue weighted by Crippen LogP contribution is 1.97. The van der Waals surface area contributed by atoms with E-state index < -0.39 is 42.9 Å². The lowest BCUT2D eigenvalue weighted by atomic mass is 10.2. The maximum atomic E-state index is 11.9. The number of hydrogen-bond donors (Lipinski definition) is 4. The maximum Gasteiger partial charge on any atom is 0.252 e. The minimum Gasteiger partial charge on any atom is -0.394 e. The number of Topliss-reactive ketones (excluding diaryl/α,β-unsaturated/α-hetero) is 1. The van der Waals surface area contributed by atoms with Crippen molar-refractivity contribution in [1.29, 1.82) is 0 Å². The predicted molar refractivity (Wildman–Crippen MR) is 72.3 cm³/mol. The lowest BCUT2D eigenvalue weighted by molar-refractivity contribution is -0.129. The van der Waals surface area contributed by atoms with Crippen molar-refractivity contribution in [3.05, 3.63) is 30.1 Å². The quantitative estimate of drug-likeness (QED) is 0.471. The van der Waals surface area contributed by atoms with E-state index in [9.17, 15) is 19.5 Å². The summed E-state index contributed by atoms with van der Waals surface area (Å²) in [5.41, 5.74) is 0.279. The molecule has 21 heavy (non-hydrogen) atoms. The molecule has 1 rings (SSSR count). The number of aliphatic hydroxyl groups excluding tert-OH is 2. The monoisotopic (exact) mass is 295 g/mol. The van der Waals surface area contributed by atoms with Gasteiger partial charge in [-0.3, -0.25) is 19.4 Å². The number of hydrogen-bond acceptors (Lipinski definition) is 6. The first-order valence-corrected chi connectivity index (χ1v) is 6.23. The van der Waals surface area contributed by atoms with Gasteiger partial charge in [0.1, 0.15) is 12.1 Å². The zero-order valence-electron chi connectivity index (χ0n) is 11.4. The van der Waals surface area contributed by atoms with Crippen molar-refractivity contribution in [2.45, 2.75) is 19.0 Å². The zero-order chi connectivity index (χ0) is 15.8. The number of carbonyl (C=O) groups excluding carboxylic acids is 3. The highest BCUT2D eigenvalue weighted by molar-refractivity contribution is 5.98. The molecule has 0 saturated carbocycles. The van der Waals surface area contributed by atoms with Crippen molar-refractivity contribution >= 4 is 17.6 Å². The fraction of sp³-hybridized carbons (Fsp3) is 0.385. The molecule has 1 aromatic rings. The number of aliphatic hydroxyl groups is 2. The van der Waals surface area contributed by atoms with E-state index in [1.54, 1.807) is 0 Å². The summed E-state index contributed by atoms with van der Waals surface area (Å²) in [6.07, 6.45) is 2.83. The molecule has 1 unspecified atom stereocenters. The molecule has 2 atom stereocenters. The molecular formula is C13H17N3O5. The summed E-state index contributed by atoms with van der Waals surface area (Å²) in [5, 5.41) is 22.7. The van der Waals surface area contributed by atoms with Gasteiger partial charge in [-0.15, -0.1) is 0 Å². The highest BCUT2D eigenvalue weighted by atomic mass is 16.3. The molecule has 1 aromatic heterocycles. The van der Waals surface area contributed by atoms with Gasteiger partial charge in [-0.25, -0.2) is 0 Å². The van der Waals surface area contributed by atoms with Crippen LogP contribution in [0.15, 0.2) is 24.5 Å². The Hall–Kier alpha value is -2.32. The average molecular weight is 295 g/mol. The third-order valence-corrected chi connectivity index (χ3v) is 2.74. The molecule has 0 fully saturated rings. The number of nitrogens with one attached hydrogen (secondary N) is 2. The fourth-order valence-corrected chi connectivity index (χ4v) is 1.49. The third kappa shape index (κ3) is 4.93. The minimum absolute atomic E-state index is 0.279. The summed E-state index contributed by atoms with van der Waals surface area (Å²) in [4.78, 5) is 38.6. The van der Waals surface area contributed by atoms with Gasteiger partial charge in [0.2, 0.25) is 5.91 Å². The Morgan fingerprint density at radius 2 is 1.67 bits per heavy atom. The third-order valence-electron chi connectivity index (χ3n) is 2.74. The number of pyridine rings is 1. The average Bonchev–Trinajstić information content (AvgIpc) is 2.50. The molecule has 0 aliphatic carbocycles. The van der Waals surface area contributed by atoms with E-state index in [1.165, 1.54) is 31.5 Å². The van der Waals surface area contributed by atoms with Gasteiger partial charge in [-0.2, -0.15) is 0 Å². The molecule has 0 aliphatic rings. The van der Waals surface area contributed by atoms with Gasteiger partial charge in [-0.05, 0) is 19.1 Å². The molecule has 2 amide bonds. The van der Waals surface area contributed by atoms with Gasteiger partial charge in [-0.1, -0.05) is 0 Å². The normalized spacial score (nSPS) is 13.1. The van der Waals surface area contributed by atoms with Crippen LogP contribution in [0.2, 0.25) is 0 Å². The Labute approximate surface area is 121 Å². The van der Waals surface area contributed by atoms with Crippen molar-refractivity contribution in [3.8, 4) is 0 Å². The number of carbonyl (C=O) groups is 3. The van der Waals surface area contributed by atoms with Crippen LogP contribution in [0.4, 0.5) is 0 Å². The number of amides is 2. The Kier molecular flexibility index (Phi) is 6.44. The van der Waals surface area contributed by atoms with Crippen molar-refractivity contribution in [2.24, 2.45) is 0 Å².